The number of benzene rings is 2. The number of aryl methyl sites for hydroxylation is 2. The second-order valence-corrected chi connectivity index (χ2v) is 12.3. The molecule has 2 saturated heterocycles. The molecule has 2 fully saturated rings. The second-order valence-electron chi connectivity index (χ2n) is 9.59. The summed E-state index contributed by atoms with van der Waals surface area (Å²) in [5.74, 6) is 0. The highest BCUT2D eigenvalue weighted by Gasteiger charge is 2.45. The van der Waals surface area contributed by atoms with Gasteiger partial charge < -0.3 is 0 Å². The van der Waals surface area contributed by atoms with E-state index in [2.05, 4.69) is 35.8 Å². The van der Waals surface area contributed by atoms with E-state index in [1.807, 2.05) is 26.0 Å². The molecule has 2 aliphatic rings. The van der Waals surface area contributed by atoms with Crippen molar-refractivity contribution < 1.29 is 8.42 Å². The van der Waals surface area contributed by atoms with Crippen molar-refractivity contribution in [2.75, 3.05) is 26.2 Å². The van der Waals surface area contributed by atoms with Gasteiger partial charge in [-0.1, -0.05) is 35.3 Å². The maximum atomic E-state index is 13.9. The van der Waals surface area contributed by atoms with Gasteiger partial charge in [0, 0.05) is 48.3 Å². The Hall–Kier alpha value is -1.15. The standard InChI is InChI=1S/C25H33Cl2N3O2S/c1-17(2)28-15-22(14-20-6-8-21(26)9-7-20)29-10-5-11-30(25(29)16-28)33(31,32)24-13-18(3)23(27)12-19(24)4/h6-9,12-13,17,22,25H,5,10-11,14-16H2,1-4H3. The van der Waals surface area contributed by atoms with E-state index in [9.17, 15) is 8.42 Å². The monoisotopic (exact) mass is 509 g/mol. The average Bonchev–Trinajstić information content (AvgIpc) is 2.77. The van der Waals surface area contributed by atoms with Gasteiger partial charge in [0.15, 0.2) is 0 Å². The van der Waals surface area contributed by atoms with E-state index in [0.717, 1.165) is 36.5 Å². The third-order valence-electron chi connectivity index (χ3n) is 6.98. The Morgan fingerprint density at radius 3 is 2.36 bits per heavy atom. The lowest BCUT2D eigenvalue weighted by molar-refractivity contribution is -0.0563. The molecule has 4 rings (SSSR count). The summed E-state index contributed by atoms with van der Waals surface area (Å²) in [6.07, 6.45) is 1.50. The zero-order chi connectivity index (χ0) is 23.9. The predicted octanol–water partition coefficient (Wildman–Crippen LogP) is 4.97. The van der Waals surface area contributed by atoms with Gasteiger partial charge in [0.25, 0.3) is 0 Å². The highest BCUT2D eigenvalue weighted by molar-refractivity contribution is 7.89. The van der Waals surface area contributed by atoms with Gasteiger partial charge in [0.2, 0.25) is 10.0 Å². The largest absolute Gasteiger partial charge is 0.296 e. The van der Waals surface area contributed by atoms with Crippen molar-refractivity contribution in [1.82, 2.24) is 14.1 Å². The zero-order valence-electron chi connectivity index (χ0n) is 19.8. The fourth-order valence-electron chi connectivity index (χ4n) is 5.09. The van der Waals surface area contributed by atoms with Crippen molar-refractivity contribution in [2.45, 2.75) is 63.7 Å². The molecule has 0 bridgehead atoms. The summed E-state index contributed by atoms with van der Waals surface area (Å²) < 4.78 is 29.6. The predicted molar refractivity (Wildman–Crippen MR) is 136 cm³/mol. The summed E-state index contributed by atoms with van der Waals surface area (Å²) in [6.45, 7) is 11.1. The van der Waals surface area contributed by atoms with Crippen LogP contribution in [0.15, 0.2) is 41.3 Å². The fraction of sp³-hybridized carbons (Fsp3) is 0.520. The maximum Gasteiger partial charge on any atom is 0.244 e. The van der Waals surface area contributed by atoms with E-state index in [0.29, 0.717) is 34.6 Å². The molecule has 5 nitrogen and oxygen atoms in total. The van der Waals surface area contributed by atoms with E-state index in [1.165, 1.54) is 5.56 Å². The van der Waals surface area contributed by atoms with Crippen LogP contribution in [0.4, 0.5) is 0 Å². The first-order chi connectivity index (χ1) is 15.6. The molecule has 0 saturated carbocycles. The molecule has 2 atom stereocenters. The topological polar surface area (TPSA) is 43.9 Å². The van der Waals surface area contributed by atoms with Crippen molar-refractivity contribution >= 4 is 33.2 Å². The van der Waals surface area contributed by atoms with Crippen molar-refractivity contribution in [2.24, 2.45) is 0 Å². The Morgan fingerprint density at radius 1 is 1.00 bits per heavy atom. The number of rotatable bonds is 5. The SMILES string of the molecule is Cc1cc(S(=O)(=O)N2CCCN3C(Cc4ccc(Cl)cc4)CN(C(C)C)CC32)c(C)cc1Cl. The Kier molecular flexibility index (Phi) is 7.44. The van der Waals surface area contributed by atoms with Gasteiger partial charge in [-0.3, -0.25) is 9.80 Å². The summed E-state index contributed by atoms with van der Waals surface area (Å²) >= 11 is 12.4. The van der Waals surface area contributed by atoms with Gasteiger partial charge in [0.05, 0.1) is 11.1 Å². The van der Waals surface area contributed by atoms with Gasteiger partial charge in [-0.25, -0.2) is 8.42 Å². The number of halogens is 2. The number of nitrogens with zero attached hydrogens (tertiary/aromatic N) is 3. The lowest BCUT2D eigenvalue weighted by Crippen LogP contribution is -2.68. The van der Waals surface area contributed by atoms with E-state index < -0.39 is 10.0 Å². The number of fused-ring (bicyclic) bond motifs is 1. The van der Waals surface area contributed by atoms with Gasteiger partial charge in [-0.15, -0.1) is 0 Å². The smallest absolute Gasteiger partial charge is 0.244 e. The summed E-state index contributed by atoms with van der Waals surface area (Å²) in [4.78, 5) is 5.18. The fourth-order valence-corrected chi connectivity index (χ4v) is 7.36. The van der Waals surface area contributed by atoms with Crippen LogP contribution in [0.2, 0.25) is 10.0 Å². The van der Waals surface area contributed by atoms with Crippen LogP contribution >= 0.6 is 23.2 Å². The Morgan fingerprint density at radius 2 is 1.70 bits per heavy atom. The molecule has 2 aromatic carbocycles. The molecule has 0 spiro atoms. The summed E-state index contributed by atoms with van der Waals surface area (Å²) in [6, 6.07) is 12.1. The summed E-state index contributed by atoms with van der Waals surface area (Å²) in [5.41, 5.74) is 2.69. The molecule has 2 heterocycles. The van der Waals surface area contributed by atoms with Crippen LogP contribution in [-0.2, 0) is 16.4 Å². The molecule has 0 N–H and O–H groups in total. The van der Waals surface area contributed by atoms with Crippen LogP contribution in [0.5, 0.6) is 0 Å². The molecule has 2 aliphatic heterocycles. The van der Waals surface area contributed by atoms with Crippen LogP contribution in [0.3, 0.4) is 0 Å². The zero-order valence-corrected chi connectivity index (χ0v) is 22.1. The average molecular weight is 511 g/mol. The summed E-state index contributed by atoms with van der Waals surface area (Å²) in [7, 11) is -3.66. The van der Waals surface area contributed by atoms with Gasteiger partial charge in [-0.05, 0) is 81.5 Å². The van der Waals surface area contributed by atoms with Crippen molar-refractivity contribution in [3.05, 3.63) is 63.1 Å². The number of sulfonamides is 1. The molecule has 0 amide bonds. The van der Waals surface area contributed by atoms with E-state index in [4.69, 9.17) is 23.2 Å². The molecule has 2 aromatic rings. The van der Waals surface area contributed by atoms with Gasteiger partial charge in [-0.2, -0.15) is 4.31 Å². The molecule has 0 radical (unpaired) electrons. The van der Waals surface area contributed by atoms with Crippen LogP contribution in [0.25, 0.3) is 0 Å². The minimum atomic E-state index is -3.66. The molecule has 180 valence electrons. The van der Waals surface area contributed by atoms with Crippen LogP contribution < -0.4 is 0 Å². The minimum absolute atomic E-state index is 0.187. The lowest BCUT2D eigenvalue weighted by Gasteiger charge is -2.53. The van der Waals surface area contributed by atoms with Gasteiger partial charge >= 0.3 is 0 Å². The second kappa shape index (κ2) is 9.84. The summed E-state index contributed by atoms with van der Waals surface area (Å²) in [5, 5.41) is 1.33. The lowest BCUT2D eigenvalue weighted by atomic mass is 9.98. The van der Waals surface area contributed by atoms with E-state index in [-0.39, 0.29) is 12.2 Å². The van der Waals surface area contributed by atoms with Crippen molar-refractivity contribution in [3.8, 4) is 0 Å². The van der Waals surface area contributed by atoms with E-state index in [1.54, 1.807) is 16.4 Å². The maximum absolute atomic E-state index is 13.9. The quantitative estimate of drug-likeness (QED) is 0.570. The first-order valence-electron chi connectivity index (χ1n) is 11.6. The molecule has 8 heteroatoms. The van der Waals surface area contributed by atoms with Crippen molar-refractivity contribution in [1.29, 1.82) is 0 Å². The number of piperazine rings is 1. The van der Waals surface area contributed by atoms with Gasteiger partial charge in [0.1, 0.15) is 0 Å². The molecule has 0 aromatic heterocycles. The number of hydrogen-bond acceptors (Lipinski definition) is 4. The van der Waals surface area contributed by atoms with Crippen LogP contribution in [0, 0.1) is 13.8 Å². The first kappa shape index (κ1) is 25.0. The highest BCUT2D eigenvalue weighted by Crippen LogP contribution is 2.33. The molecule has 0 aliphatic carbocycles. The first-order valence-corrected chi connectivity index (χ1v) is 13.8. The molecular weight excluding hydrogens is 477 g/mol. The van der Waals surface area contributed by atoms with Crippen LogP contribution in [0.1, 0.15) is 37.0 Å². The van der Waals surface area contributed by atoms with E-state index >= 15 is 0 Å². The molecule has 33 heavy (non-hydrogen) atoms. The highest BCUT2D eigenvalue weighted by atomic mass is 35.5. The third-order valence-corrected chi connectivity index (χ3v) is 9.68. The normalized spacial score (nSPS) is 23.1. The Bertz CT molecular complexity index is 1110. The third kappa shape index (κ3) is 5.12. The number of hydrogen-bond donors (Lipinski definition) is 0. The van der Waals surface area contributed by atoms with Crippen molar-refractivity contribution in [3.63, 3.8) is 0 Å². The Labute approximate surface area is 208 Å². The molecular formula is C25H33Cl2N3O2S. The Balaban J connectivity index is 1.68. The molecule has 2 unspecified atom stereocenters. The van der Waals surface area contributed by atoms with Crippen LogP contribution in [-0.4, -0.2) is 67.0 Å². The minimum Gasteiger partial charge on any atom is -0.296 e.